The zero-order valence-corrected chi connectivity index (χ0v) is 31.5. The number of allylic oxidation sites excluding steroid dienone is 6. The first-order chi connectivity index (χ1) is 27.0. The Bertz CT molecular complexity index is 2600. The molecule has 0 amide bonds. The number of benzene rings is 6. The Hall–Kier alpha value is -6.32. The van der Waals surface area contributed by atoms with E-state index in [0.29, 0.717) is 0 Å². The van der Waals surface area contributed by atoms with Gasteiger partial charge in [0.05, 0.1) is 11.7 Å². The summed E-state index contributed by atoms with van der Waals surface area (Å²) in [4.78, 5) is 5.01. The van der Waals surface area contributed by atoms with E-state index >= 15 is 0 Å². The van der Waals surface area contributed by atoms with Crippen LogP contribution in [0.3, 0.4) is 0 Å². The molecule has 10 rings (SSSR count). The number of fused-ring (bicyclic) bond motifs is 6. The van der Waals surface area contributed by atoms with Gasteiger partial charge in [0.1, 0.15) is 0 Å². The van der Waals surface area contributed by atoms with E-state index in [4.69, 9.17) is 0 Å². The van der Waals surface area contributed by atoms with Gasteiger partial charge >= 0.3 is 0 Å². The molecule has 1 N–H and O–H groups in total. The van der Waals surface area contributed by atoms with Gasteiger partial charge in [0.25, 0.3) is 0 Å². The number of para-hydroxylation sites is 1. The molecule has 1 heterocycles. The topological polar surface area (TPSA) is 18.5 Å². The molecule has 6 aromatic rings. The molecule has 0 saturated heterocycles. The van der Waals surface area contributed by atoms with E-state index in [1.807, 2.05) is 12.3 Å². The second-order valence-corrected chi connectivity index (χ2v) is 15.6. The number of hydrogen-bond donors (Lipinski definition) is 1. The van der Waals surface area contributed by atoms with Crippen molar-refractivity contribution < 1.29 is 0 Å². The molecule has 4 aliphatic rings. The van der Waals surface area contributed by atoms with Crippen molar-refractivity contribution in [2.45, 2.75) is 51.0 Å². The highest BCUT2D eigenvalue weighted by Gasteiger charge is 2.36. The van der Waals surface area contributed by atoms with Crippen LogP contribution in [0.15, 0.2) is 181 Å². The first-order valence-corrected chi connectivity index (χ1v) is 19.8. The zero-order chi connectivity index (χ0) is 36.9. The van der Waals surface area contributed by atoms with Gasteiger partial charge in [0.15, 0.2) is 0 Å². The van der Waals surface area contributed by atoms with E-state index in [0.717, 1.165) is 25.7 Å². The predicted octanol–water partition coefficient (Wildman–Crippen LogP) is 13.4. The van der Waals surface area contributed by atoms with E-state index in [9.17, 15) is 0 Å². The maximum absolute atomic E-state index is 3.50. The van der Waals surface area contributed by atoms with Crippen LogP contribution in [0.5, 0.6) is 0 Å². The molecule has 0 saturated carbocycles. The lowest BCUT2D eigenvalue weighted by molar-refractivity contribution is 0.660. The van der Waals surface area contributed by atoms with Gasteiger partial charge in [-0.05, 0) is 142 Å². The molecule has 1 aliphatic heterocycles. The van der Waals surface area contributed by atoms with Crippen LogP contribution < -0.4 is 15.1 Å². The van der Waals surface area contributed by atoms with Crippen molar-refractivity contribution in [3.05, 3.63) is 209 Å². The van der Waals surface area contributed by atoms with Crippen molar-refractivity contribution in [3.63, 3.8) is 0 Å². The predicted molar refractivity (Wildman–Crippen MR) is 232 cm³/mol. The maximum atomic E-state index is 3.50. The van der Waals surface area contributed by atoms with Crippen LogP contribution in [-0.2, 0) is 11.8 Å². The van der Waals surface area contributed by atoms with Gasteiger partial charge in [-0.15, -0.1) is 0 Å². The monoisotopic (exact) mass is 711 g/mol. The van der Waals surface area contributed by atoms with Crippen molar-refractivity contribution in [2.75, 3.05) is 9.80 Å². The molecule has 0 aromatic heterocycles. The summed E-state index contributed by atoms with van der Waals surface area (Å²) in [6, 6.07) is 47.7. The third-order valence-corrected chi connectivity index (χ3v) is 12.0. The SMILES string of the molecule is CC1(C)c2ccccc2-c2ccc(N(C3=Cc4c(c(N(C5=CCCC=C5)c5ccccc5)cc5ccccc45)CC3)c3ccc(C4C=CC=CN4)cc3)cc21. The van der Waals surface area contributed by atoms with E-state index < -0.39 is 0 Å². The lowest BCUT2D eigenvalue weighted by Crippen LogP contribution is -2.23. The fourth-order valence-corrected chi connectivity index (χ4v) is 9.26. The molecule has 268 valence electrons. The Labute approximate surface area is 325 Å². The van der Waals surface area contributed by atoms with Gasteiger partial charge in [-0.3, -0.25) is 0 Å². The minimum atomic E-state index is -0.0915. The second kappa shape index (κ2) is 13.5. The molecular weight excluding hydrogens is 667 g/mol. The Morgan fingerprint density at radius 3 is 2.24 bits per heavy atom. The quantitative estimate of drug-likeness (QED) is 0.178. The third kappa shape index (κ3) is 5.74. The van der Waals surface area contributed by atoms with E-state index in [1.54, 1.807) is 0 Å². The average molecular weight is 712 g/mol. The Morgan fingerprint density at radius 2 is 1.42 bits per heavy atom. The first kappa shape index (κ1) is 33.3. The van der Waals surface area contributed by atoms with Crippen LogP contribution in [0.2, 0.25) is 0 Å². The molecule has 55 heavy (non-hydrogen) atoms. The lowest BCUT2D eigenvalue weighted by atomic mass is 9.82. The zero-order valence-electron chi connectivity index (χ0n) is 31.5. The van der Waals surface area contributed by atoms with Gasteiger partial charge in [0, 0.05) is 33.9 Å². The molecule has 1 atom stereocenters. The Kier molecular flexibility index (Phi) is 8.17. The highest BCUT2D eigenvalue weighted by molar-refractivity contribution is 5.99. The van der Waals surface area contributed by atoms with Crippen LogP contribution >= 0.6 is 0 Å². The van der Waals surface area contributed by atoms with E-state index in [1.165, 1.54) is 83.9 Å². The van der Waals surface area contributed by atoms with Crippen LogP contribution in [0.1, 0.15) is 67.0 Å². The molecular formula is C52H45N3. The summed E-state index contributed by atoms with van der Waals surface area (Å²) >= 11 is 0. The van der Waals surface area contributed by atoms with E-state index in [-0.39, 0.29) is 11.5 Å². The van der Waals surface area contributed by atoms with Crippen molar-refractivity contribution in [3.8, 4) is 11.1 Å². The Balaban J connectivity index is 1.15. The normalized spacial score (nSPS) is 17.5. The molecule has 1 unspecified atom stereocenters. The third-order valence-electron chi connectivity index (χ3n) is 12.0. The minimum absolute atomic E-state index is 0.0915. The van der Waals surface area contributed by atoms with Gasteiger partial charge in [-0.2, -0.15) is 0 Å². The van der Waals surface area contributed by atoms with Gasteiger partial charge < -0.3 is 15.1 Å². The summed E-state index contributed by atoms with van der Waals surface area (Å²) in [7, 11) is 0. The fraction of sp³-hybridized carbons (Fsp3) is 0.154. The molecule has 0 fully saturated rings. The largest absolute Gasteiger partial charge is 0.381 e. The highest BCUT2D eigenvalue weighted by Crippen LogP contribution is 2.51. The average Bonchev–Trinajstić information content (AvgIpc) is 3.47. The smallest absolute Gasteiger partial charge is 0.0695 e. The number of rotatable bonds is 7. The number of nitrogens with one attached hydrogen (secondary N) is 1. The standard InChI is InChI=1S/C52H45N3/c1-52(2)48-22-12-11-21-44(48)45-30-28-42(35-49(45)52)54(40-26-24-36(25-27-40)50-23-13-14-32-53-50)41-29-31-46-47(34-41)43-20-10-9-15-37(43)33-51(46)55(38-16-5-3-6-17-38)39-18-7-4-8-19-39/h3,5-7,9-28,30,32-35,50,53H,4,8,29,31H2,1-2H3. The number of nitrogens with zero attached hydrogens (tertiary/aromatic N) is 2. The summed E-state index contributed by atoms with van der Waals surface area (Å²) in [5.74, 6) is 0. The van der Waals surface area contributed by atoms with E-state index in [2.05, 4.69) is 193 Å². The highest BCUT2D eigenvalue weighted by atomic mass is 15.2. The molecule has 6 aromatic carbocycles. The molecule has 0 spiro atoms. The maximum Gasteiger partial charge on any atom is 0.0695 e. The summed E-state index contributed by atoms with van der Waals surface area (Å²) in [6.07, 6.45) is 21.9. The van der Waals surface area contributed by atoms with Gasteiger partial charge in [0.2, 0.25) is 0 Å². The van der Waals surface area contributed by atoms with Crippen LogP contribution in [0.4, 0.5) is 22.7 Å². The first-order valence-electron chi connectivity index (χ1n) is 19.8. The van der Waals surface area contributed by atoms with Crippen molar-refractivity contribution in [1.82, 2.24) is 5.32 Å². The summed E-state index contributed by atoms with van der Waals surface area (Å²) < 4.78 is 0. The van der Waals surface area contributed by atoms with Crippen molar-refractivity contribution in [2.24, 2.45) is 0 Å². The summed E-state index contributed by atoms with van der Waals surface area (Å²) in [6.45, 7) is 4.75. The van der Waals surface area contributed by atoms with Crippen LogP contribution in [-0.4, -0.2) is 0 Å². The summed E-state index contributed by atoms with van der Waals surface area (Å²) in [5, 5.41) is 6.05. The molecule has 3 heteroatoms. The van der Waals surface area contributed by atoms with Gasteiger partial charge in [-0.1, -0.05) is 123 Å². The minimum Gasteiger partial charge on any atom is -0.381 e. The van der Waals surface area contributed by atoms with Crippen LogP contribution in [0.25, 0.3) is 28.0 Å². The lowest BCUT2D eigenvalue weighted by Gasteiger charge is -2.35. The number of anilines is 4. The second-order valence-electron chi connectivity index (χ2n) is 15.6. The van der Waals surface area contributed by atoms with Crippen molar-refractivity contribution >= 4 is 39.6 Å². The number of hydrogen-bond acceptors (Lipinski definition) is 3. The van der Waals surface area contributed by atoms with Crippen LogP contribution in [0, 0.1) is 0 Å². The number of dihydropyridines is 1. The summed E-state index contributed by atoms with van der Waals surface area (Å²) in [5.41, 5.74) is 16.7. The Morgan fingerprint density at radius 1 is 0.655 bits per heavy atom. The fourth-order valence-electron chi connectivity index (χ4n) is 9.26. The molecule has 3 nitrogen and oxygen atoms in total. The van der Waals surface area contributed by atoms with Gasteiger partial charge in [-0.25, -0.2) is 0 Å². The molecule has 3 aliphatic carbocycles. The molecule has 0 bridgehead atoms. The van der Waals surface area contributed by atoms with Crippen molar-refractivity contribution in [1.29, 1.82) is 0 Å². The molecule has 0 radical (unpaired) electrons.